The van der Waals surface area contributed by atoms with Crippen molar-refractivity contribution in [1.29, 1.82) is 0 Å². The van der Waals surface area contributed by atoms with E-state index in [0.29, 0.717) is 0 Å². The highest BCUT2D eigenvalue weighted by Crippen LogP contribution is 2.48. The average Bonchev–Trinajstić information content (AvgIpc) is 3.83. The molecule has 2 heterocycles. The summed E-state index contributed by atoms with van der Waals surface area (Å²) < 4.78 is 9.30. The number of hydrogen-bond acceptors (Lipinski definition) is 3. The molecule has 0 N–H and O–H groups in total. The molecule has 9 aromatic carbocycles. The normalized spacial score (nSPS) is 11.6. The molecule has 258 valence electrons. The van der Waals surface area contributed by atoms with Crippen LogP contribution < -0.4 is 4.90 Å². The van der Waals surface area contributed by atoms with Crippen LogP contribution >= 0.6 is 11.3 Å². The summed E-state index contributed by atoms with van der Waals surface area (Å²) >= 11 is 1.87. The second-order valence-electron chi connectivity index (χ2n) is 14.0. The number of furan rings is 1. The Kier molecular flexibility index (Phi) is 7.39. The lowest BCUT2D eigenvalue weighted by molar-refractivity contribution is 0.669. The van der Waals surface area contributed by atoms with Crippen molar-refractivity contribution in [2.45, 2.75) is 0 Å². The van der Waals surface area contributed by atoms with E-state index in [1.54, 1.807) is 0 Å². The highest BCUT2D eigenvalue weighted by molar-refractivity contribution is 7.26. The van der Waals surface area contributed by atoms with Crippen molar-refractivity contribution in [2.75, 3.05) is 4.90 Å². The van der Waals surface area contributed by atoms with Crippen molar-refractivity contribution in [3.63, 3.8) is 0 Å². The fourth-order valence-corrected chi connectivity index (χ4v) is 9.55. The molecular formula is C52H33NOS. The quantitative estimate of drug-likeness (QED) is 0.170. The van der Waals surface area contributed by atoms with Gasteiger partial charge in [-0.3, -0.25) is 0 Å². The third-order valence-electron chi connectivity index (χ3n) is 10.9. The van der Waals surface area contributed by atoms with Crippen LogP contribution in [0.25, 0.3) is 86.3 Å². The SMILES string of the molecule is c1ccc(-c2ccc(N(c3ccc(-c4cccc5ccccc45)c(-c4cccc5c4sc4ccccc45)c3)c3cccc4c3oc3ccccc34)cc2)cc1. The Bertz CT molecular complexity index is 3200. The van der Waals surface area contributed by atoms with Crippen molar-refractivity contribution in [2.24, 2.45) is 0 Å². The van der Waals surface area contributed by atoms with E-state index in [9.17, 15) is 0 Å². The van der Waals surface area contributed by atoms with Crippen LogP contribution in [0.5, 0.6) is 0 Å². The van der Waals surface area contributed by atoms with Gasteiger partial charge in [0.25, 0.3) is 0 Å². The number of hydrogen-bond donors (Lipinski definition) is 0. The molecule has 0 aliphatic rings. The van der Waals surface area contributed by atoms with Gasteiger partial charge in [-0.2, -0.15) is 0 Å². The summed E-state index contributed by atoms with van der Waals surface area (Å²) in [5.74, 6) is 0. The average molecular weight is 720 g/mol. The van der Waals surface area contributed by atoms with Gasteiger partial charge in [-0.15, -0.1) is 11.3 Å². The zero-order valence-corrected chi connectivity index (χ0v) is 30.6. The Balaban J connectivity index is 1.19. The first-order chi connectivity index (χ1) is 27.3. The van der Waals surface area contributed by atoms with Gasteiger partial charge in [0, 0.05) is 47.9 Å². The third kappa shape index (κ3) is 5.24. The van der Waals surface area contributed by atoms with Crippen LogP contribution in [0.3, 0.4) is 0 Å². The van der Waals surface area contributed by atoms with Crippen LogP contribution in [0.1, 0.15) is 0 Å². The van der Waals surface area contributed by atoms with Crippen molar-refractivity contribution in [1.82, 2.24) is 0 Å². The van der Waals surface area contributed by atoms with Crippen LogP contribution in [-0.2, 0) is 0 Å². The molecule has 11 rings (SSSR count). The number of thiophene rings is 1. The molecule has 0 unspecified atom stereocenters. The number of benzene rings is 9. The van der Waals surface area contributed by atoms with Gasteiger partial charge in [0.15, 0.2) is 5.58 Å². The van der Waals surface area contributed by atoms with Gasteiger partial charge in [-0.25, -0.2) is 0 Å². The first kappa shape index (κ1) is 31.6. The summed E-state index contributed by atoms with van der Waals surface area (Å²) in [6, 6.07) is 72.2. The lowest BCUT2D eigenvalue weighted by Gasteiger charge is -2.27. The van der Waals surface area contributed by atoms with Crippen molar-refractivity contribution in [3.05, 3.63) is 200 Å². The van der Waals surface area contributed by atoms with Gasteiger partial charge in [-0.05, 0) is 81.1 Å². The fraction of sp³-hybridized carbons (Fsp3) is 0. The van der Waals surface area contributed by atoms with Crippen LogP contribution in [0, 0.1) is 0 Å². The van der Waals surface area contributed by atoms with E-state index >= 15 is 0 Å². The maximum Gasteiger partial charge on any atom is 0.159 e. The summed E-state index contributed by atoms with van der Waals surface area (Å²) in [7, 11) is 0. The first-order valence-corrected chi connectivity index (χ1v) is 19.5. The Morgan fingerprint density at radius 2 is 1.02 bits per heavy atom. The lowest BCUT2D eigenvalue weighted by atomic mass is 9.90. The highest BCUT2D eigenvalue weighted by atomic mass is 32.1. The third-order valence-corrected chi connectivity index (χ3v) is 12.1. The zero-order valence-electron chi connectivity index (χ0n) is 29.8. The molecule has 0 atom stereocenters. The fourth-order valence-electron chi connectivity index (χ4n) is 8.32. The summed E-state index contributed by atoms with van der Waals surface area (Å²) in [4.78, 5) is 2.36. The molecule has 11 aromatic rings. The Morgan fingerprint density at radius 1 is 0.382 bits per heavy atom. The molecule has 0 aliphatic heterocycles. The Labute approximate surface area is 322 Å². The molecule has 0 aliphatic carbocycles. The predicted octanol–water partition coefficient (Wildman–Crippen LogP) is 15.6. The molecular weight excluding hydrogens is 687 g/mol. The maximum atomic E-state index is 6.71. The smallest absolute Gasteiger partial charge is 0.159 e. The predicted molar refractivity (Wildman–Crippen MR) is 235 cm³/mol. The molecule has 0 spiro atoms. The minimum absolute atomic E-state index is 0.863. The molecule has 2 nitrogen and oxygen atoms in total. The van der Waals surface area contributed by atoms with Crippen LogP contribution in [0.2, 0.25) is 0 Å². The van der Waals surface area contributed by atoms with E-state index in [1.165, 1.54) is 64.3 Å². The minimum Gasteiger partial charge on any atom is -0.454 e. The topological polar surface area (TPSA) is 16.4 Å². The highest BCUT2D eigenvalue weighted by Gasteiger charge is 2.22. The van der Waals surface area contributed by atoms with Crippen LogP contribution in [-0.4, -0.2) is 0 Å². The molecule has 0 fully saturated rings. The van der Waals surface area contributed by atoms with Crippen LogP contribution in [0.15, 0.2) is 205 Å². The molecule has 0 radical (unpaired) electrons. The molecule has 2 aromatic heterocycles. The van der Waals surface area contributed by atoms with E-state index in [-0.39, 0.29) is 0 Å². The number of para-hydroxylation sites is 2. The Morgan fingerprint density at radius 3 is 1.91 bits per heavy atom. The van der Waals surface area contributed by atoms with Crippen molar-refractivity contribution >= 4 is 81.3 Å². The first-order valence-electron chi connectivity index (χ1n) is 18.7. The number of nitrogens with zero attached hydrogens (tertiary/aromatic N) is 1. The van der Waals surface area contributed by atoms with E-state index in [2.05, 4.69) is 199 Å². The largest absolute Gasteiger partial charge is 0.454 e. The summed E-state index contributed by atoms with van der Waals surface area (Å²) in [6.07, 6.45) is 0. The van der Waals surface area contributed by atoms with Crippen molar-refractivity contribution < 1.29 is 4.42 Å². The maximum absolute atomic E-state index is 6.71. The monoisotopic (exact) mass is 719 g/mol. The molecule has 3 heteroatoms. The van der Waals surface area contributed by atoms with E-state index in [4.69, 9.17) is 4.42 Å². The molecule has 55 heavy (non-hydrogen) atoms. The molecule has 0 saturated carbocycles. The summed E-state index contributed by atoms with van der Waals surface area (Å²) in [6.45, 7) is 0. The standard InChI is InChI=1S/C52H33NOS/c1-2-13-34(14-3-1)35-27-29-37(30-28-35)53(48-24-12-21-44-42-18-6-8-25-49(42)54-51(44)48)38-31-32-41(40-20-10-16-36-15-4-5-17-39(36)40)47(33-38)46-23-11-22-45-43-19-7-9-26-50(43)55-52(45)46/h1-33H. The van der Waals surface area contributed by atoms with Crippen molar-refractivity contribution in [3.8, 4) is 33.4 Å². The number of fused-ring (bicyclic) bond motifs is 7. The molecule has 0 amide bonds. The van der Waals surface area contributed by atoms with Gasteiger partial charge in [-0.1, -0.05) is 158 Å². The number of rotatable bonds is 6. The van der Waals surface area contributed by atoms with Gasteiger partial charge in [0.1, 0.15) is 5.58 Å². The summed E-state index contributed by atoms with van der Waals surface area (Å²) in [5, 5.41) is 7.26. The van der Waals surface area contributed by atoms with Gasteiger partial charge < -0.3 is 9.32 Å². The van der Waals surface area contributed by atoms with Gasteiger partial charge >= 0.3 is 0 Å². The van der Waals surface area contributed by atoms with E-state index in [1.807, 2.05) is 17.4 Å². The Hall–Kier alpha value is -6.94. The van der Waals surface area contributed by atoms with E-state index < -0.39 is 0 Å². The summed E-state index contributed by atoms with van der Waals surface area (Å²) in [5.41, 5.74) is 12.0. The second-order valence-corrected chi connectivity index (χ2v) is 15.1. The lowest BCUT2D eigenvalue weighted by Crippen LogP contribution is -2.10. The van der Waals surface area contributed by atoms with E-state index in [0.717, 1.165) is 39.0 Å². The molecule has 0 saturated heterocycles. The number of anilines is 3. The molecule has 0 bridgehead atoms. The second kappa shape index (κ2) is 12.9. The minimum atomic E-state index is 0.863. The van der Waals surface area contributed by atoms with Gasteiger partial charge in [0.05, 0.1) is 5.69 Å². The zero-order chi connectivity index (χ0) is 36.3. The van der Waals surface area contributed by atoms with Crippen LogP contribution in [0.4, 0.5) is 17.1 Å². The van der Waals surface area contributed by atoms with Gasteiger partial charge in [0.2, 0.25) is 0 Å².